The Morgan fingerprint density at radius 3 is 2.85 bits per heavy atom. The normalized spacial score (nSPS) is 15.8. The molecule has 76 valence electrons. The van der Waals surface area contributed by atoms with Crippen molar-refractivity contribution in [2.45, 2.75) is 13.3 Å². The molecule has 0 saturated carbocycles. The number of hydrogen-bond donors (Lipinski definition) is 0. The predicted molar refractivity (Wildman–Crippen MR) is 58.2 cm³/mol. The lowest BCUT2D eigenvalue weighted by atomic mass is 10.5. The van der Waals surface area contributed by atoms with Crippen molar-refractivity contribution >= 4 is 13.6 Å². The summed E-state index contributed by atoms with van der Waals surface area (Å²) >= 11 is 0. The monoisotopic (exact) mass is 203 g/mol. The van der Waals surface area contributed by atoms with Crippen LogP contribution in [0.2, 0.25) is 0 Å². The summed E-state index contributed by atoms with van der Waals surface area (Å²) in [5, 5.41) is 0. The van der Waals surface area contributed by atoms with Crippen LogP contribution in [0.5, 0.6) is 0 Å². The van der Waals surface area contributed by atoms with Crippen molar-refractivity contribution in [2.24, 2.45) is 4.99 Å². The van der Waals surface area contributed by atoms with E-state index in [4.69, 9.17) is 4.52 Å². The van der Waals surface area contributed by atoms with Crippen LogP contribution in [0, 0.1) is 0 Å². The smallest absolute Gasteiger partial charge is 0.200 e. The lowest BCUT2D eigenvalue weighted by molar-refractivity contribution is 0.337. The maximum Gasteiger partial charge on any atom is 0.200 e. The van der Waals surface area contributed by atoms with E-state index in [2.05, 4.69) is 11.6 Å². The van der Waals surface area contributed by atoms with Gasteiger partial charge in [0.25, 0.3) is 0 Å². The van der Waals surface area contributed by atoms with Crippen LogP contribution in [0.15, 0.2) is 17.6 Å². The van der Waals surface area contributed by atoms with E-state index in [0.29, 0.717) is 25.7 Å². The van der Waals surface area contributed by atoms with Crippen molar-refractivity contribution in [1.82, 2.24) is 0 Å². The van der Waals surface area contributed by atoms with E-state index in [0.717, 1.165) is 0 Å². The molecule has 13 heavy (non-hydrogen) atoms. The number of nitrogens with zero attached hydrogens (tertiary/aromatic N) is 1. The minimum Gasteiger partial charge on any atom is -0.329 e. The van der Waals surface area contributed by atoms with Crippen molar-refractivity contribution in [3.8, 4) is 0 Å². The summed E-state index contributed by atoms with van der Waals surface area (Å²) in [6, 6.07) is 0. The SMILES string of the molecule is C=CCN=CCCP(C)(=O)OCC. The summed E-state index contributed by atoms with van der Waals surface area (Å²) < 4.78 is 16.7. The molecule has 1 atom stereocenters. The van der Waals surface area contributed by atoms with Gasteiger partial charge in [0.1, 0.15) is 0 Å². The highest BCUT2D eigenvalue weighted by molar-refractivity contribution is 7.58. The van der Waals surface area contributed by atoms with E-state index >= 15 is 0 Å². The van der Waals surface area contributed by atoms with Crippen LogP contribution in [-0.2, 0) is 9.09 Å². The zero-order valence-electron chi connectivity index (χ0n) is 8.40. The minimum absolute atomic E-state index is 0.511. The predicted octanol–water partition coefficient (Wildman–Crippen LogP) is 2.58. The molecule has 4 heteroatoms. The van der Waals surface area contributed by atoms with E-state index in [1.807, 2.05) is 6.92 Å². The zero-order valence-corrected chi connectivity index (χ0v) is 9.30. The second-order valence-corrected chi connectivity index (χ2v) is 5.51. The number of aliphatic imine (C=N–C) groups is 1. The highest BCUT2D eigenvalue weighted by Gasteiger charge is 2.12. The second-order valence-electron chi connectivity index (χ2n) is 2.78. The van der Waals surface area contributed by atoms with Gasteiger partial charge in [0, 0.05) is 12.8 Å². The summed E-state index contributed by atoms with van der Waals surface area (Å²) in [5.41, 5.74) is 0. The molecule has 0 N–H and O–H groups in total. The van der Waals surface area contributed by atoms with Crippen LogP contribution in [0.25, 0.3) is 0 Å². The molecule has 0 aliphatic heterocycles. The van der Waals surface area contributed by atoms with Crippen LogP contribution in [0.1, 0.15) is 13.3 Å². The van der Waals surface area contributed by atoms with E-state index in [9.17, 15) is 4.57 Å². The Labute approximate surface area is 80.4 Å². The Kier molecular flexibility index (Phi) is 6.83. The van der Waals surface area contributed by atoms with Gasteiger partial charge in [-0.05, 0) is 19.6 Å². The van der Waals surface area contributed by atoms with E-state index in [1.165, 1.54) is 0 Å². The fourth-order valence-corrected chi connectivity index (χ4v) is 2.13. The summed E-state index contributed by atoms with van der Waals surface area (Å²) in [6.07, 6.45) is 4.78. The molecule has 0 aromatic heterocycles. The summed E-state index contributed by atoms with van der Waals surface area (Å²) in [6.45, 7) is 8.20. The van der Waals surface area contributed by atoms with Crippen LogP contribution in [0.4, 0.5) is 0 Å². The first-order valence-corrected chi connectivity index (χ1v) is 6.68. The molecule has 3 nitrogen and oxygen atoms in total. The maximum atomic E-state index is 11.5. The Bertz CT molecular complexity index is 214. The van der Waals surface area contributed by atoms with Gasteiger partial charge in [0.15, 0.2) is 0 Å². The fourth-order valence-electron chi connectivity index (χ4n) is 0.870. The highest BCUT2D eigenvalue weighted by atomic mass is 31.2. The molecular weight excluding hydrogens is 185 g/mol. The molecule has 1 unspecified atom stereocenters. The Morgan fingerprint density at radius 1 is 1.62 bits per heavy atom. The molecule has 0 fully saturated rings. The van der Waals surface area contributed by atoms with Gasteiger partial charge in [-0.3, -0.25) is 9.56 Å². The lowest BCUT2D eigenvalue weighted by Crippen LogP contribution is -1.94. The van der Waals surface area contributed by atoms with Gasteiger partial charge in [0.2, 0.25) is 7.37 Å². The summed E-state index contributed by atoms with van der Waals surface area (Å²) in [4.78, 5) is 4.03. The summed E-state index contributed by atoms with van der Waals surface area (Å²) in [7, 11) is -2.36. The molecule has 0 heterocycles. The van der Waals surface area contributed by atoms with Crippen molar-refractivity contribution in [3.05, 3.63) is 12.7 Å². The molecule has 0 spiro atoms. The van der Waals surface area contributed by atoms with Crippen LogP contribution in [-0.4, -0.2) is 32.2 Å². The van der Waals surface area contributed by atoms with E-state index in [1.54, 1.807) is 19.0 Å². The van der Waals surface area contributed by atoms with Crippen molar-refractivity contribution in [2.75, 3.05) is 26.0 Å². The van der Waals surface area contributed by atoms with Gasteiger partial charge >= 0.3 is 0 Å². The van der Waals surface area contributed by atoms with E-state index < -0.39 is 7.37 Å². The average molecular weight is 203 g/mol. The molecule has 0 radical (unpaired) electrons. The van der Waals surface area contributed by atoms with Gasteiger partial charge in [-0.25, -0.2) is 0 Å². The first-order valence-electron chi connectivity index (χ1n) is 4.42. The average Bonchev–Trinajstić information content (AvgIpc) is 2.04. The van der Waals surface area contributed by atoms with Crippen molar-refractivity contribution < 1.29 is 9.09 Å². The first-order chi connectivity index (χ1) is 6.12. The molecular formula is C9H18NO2P. The van der Waals surface area contributed by atoms with Crippen molar-refractivity contribution in [1.29, 1.82) is 0 Å². The van der Waals surface area contributed by atoms with Gasteiger partial charge in [0.05, 0.1) is 13.2 Å². The Balaban J connectivity index is 3.62. The van der Waals surface area contributed by atoms with Gasteiger partial charge < -0.3 is 4.52 Å². The fraction of sp³-hybridized carbons (Fsp3) is 0.667. The Morgan fingerprint density at radius 2 is 2.31 bits per heavy atom. The molecule has 0 aliphatic rings. The van der Waals surface area contributed by atoms with Gasteiger partial charge in [-0.1, -0.05) is 6.08 Å². The van der Waals surface area contributed by atoms with Crippen LogP contribution >= 0.6 is 7.37 Å². The zero-order chi connectivity index (χ0) is 10.2. The molecule has 0 amide bonds. The number of rotatable bonds is 7. The topological polar surface area (TPSA) is 38.7 Å². The third kappa shape index (κ3) is 7.94. The third-order valence-electron chi connectivity index (χ3n) is 1.43. The highest BCUT2D eigenvalue weighted by Crippen LogP contribution is 2.42. The molecule has 0 saturated heterocycles. The van der Waals surface area contributed by atoms with Crippen molar-refractivity contribution in [3.63, 3.8) is 0 Å². The second kappa shape index (κ2) is 7.05. The molecule has 0 aromatic carbocycles. The van der Waals surface area contributed by atoms with E-state index in [-0.39, 0.29) is 0 Å². The van der Waals surface area contributed by atoms with Gasteiger partial charge in [-0.15, -0.1) is 6.58 Å². The van der Waals surface area contributed by atoms with Gasteiger partial charge in [-0.2, -0.15) is 0 Å². The quantitative estimate of drug-likeness (QED) is 0.362. The first kappa shape index (κ1) is 12.6. The lowest BCUT2D eigenvalue weighted by Gasteiger charge is -2.10. The molecule has 0 aromatic rings. The number of hydrogen-bond acceptors (Lipinski definition) is 3. The molecule has 0 bridgehead atoms. The third-order valence-corrected chi connectivity index (χ3v) is 3.31. The summed E-state index contributed by atoms with van der Waals surface area (Å²) in [5.74, 6) is 0. The minimum atomic E-state index is -2.36. The molecule has 0 rings (SSSR count). The molecule has 0 aliphatic carbocycles. The van der Waals surface area contributed by atoms with Crippen LogP contribution < -0.4 is 0 Å². The van der Waals surface area contributed by atoms with Crippen LogP contribution in [0.3, 0.4) is 0 Å². The largest absolute Gasteiger partial charge is 0.329 e. The Hall–Kier alpha value is -0.400. The standard InChI is InChI=1S/C9H18NO2P/c1-4-7-10-8-6-9-13(3,11)12-5-2/h4,8H,1,5-7,9H2,2-3H3. The maximum absolute atomic E-state index is 11.5.